The molecule has 0 nitrogen and oxygen atoms in total. The Morgan fingerprint density at radius 2 is 1.80 bits per heavy atom. The second-order valence-corrected chi connectivity index (χ2v) is 3.87. The Bertz CT molecular complexity index is 53.7. The van der Waals surface area contributed by atoms with E-state index in [1.165, 1.54) is 30.8 Å². The summed E-state index contributed by atoms with van der Waals surface area (Å²) >= 11 is 2.12. The Morgan fingerprint density at radius 3 is 2.50 bits per heavy atom. The third kappa shape index (κ3) is 5.16. The summed E-state index contributed by atoms with van der Waals surface area (Å²) < 4.78 is 0. The zero-order chi connectivity index (χ0) is 7.82. The summed E-state index contributed by atoms with van der Waals surface area (Å²) in [4.78, 5) is 0. The van der Waals surface area contributed by atoms with Crippen LogP contribution in [0, 0.1) is 5.92 Å². The highest BCUT2D eigenvalue weighted by molar-refractivity contribution is 7.99. The fourth-order valence-electron chi connectivity index (χ4n) is 1.06. The average Bonchev–Trinajstić information content (AvgIpc) is 2.21. The van der Waals surface area contributed by atoms with Crippen LogP contribution < -0.4 is 0 Å². The molecule has 1 unspecified atom stereocenters. The quantitative estimate of drug-likeness (QED) is 0.522. The van der Waals surface area contributed by atoms with Crippen molar-refractivity contribution < 1.29 is 0 Å². The van der Waals surface area contributed by atoms with E-state index in [1.54, 1.807) is 0 Å². The van der Waals surface area contributed by atoms with Crippen LogP contribution in [0.4, 0.5) is 0 Å². The van der Waals surface area contributed by atoms with Gasteiger partial charge in [-0.1, -0.05) is 20.8 Å². The first-order valence-electron chi connectivity index (χ1n) is 4.47. The lowest BCUT2D eigenvalue weighted by atomic mass is 10.0. The molecule has 0 saturated carbocycles. The predicted molar refractivity (Wildman–Crippen MR) is 51.7 cm³/mol. The Kier molecular flexibility index (Phi) is 7.72. The molecule has 10 heavy (non-hydrogen) atoms. The van der Waals surface area contributed by atoms with Crippen molar-refractivity contribution in [1.82, 2.24) is 0 Å². The largest absolute Gasteiger partial charge is 0.162 e. The molecule has 0 aliphatic carbocycles. The lowest BCUT2D eigenvalue weighted by molar-refractivity contribution is 0.523. The molecule has 1 atom stereocenters. The molecule has 0 amide bonds. The number of thioether (sulfide) groups is 1. The highest BCUT2D eigenvalue weighted by Crippen LogP contribution is 2.20. The monoisotopic (exact) mass is 160 g/mol. The molecule has 62 valence electrons. The van der Waals surface area contributed by atoms with Gasteiger partial charge in [0.25, 0.3) is 0 Å². The van der Waals surface area contributed by atoms with Crippen molar-refractivity contribution in [2.75, 3.05) is 11.5 Å². The van der Waals surface area contributed by atoms with E-state index in [4.69, 9.17) is 0 Å². The van der Waals surface area contributed by atoms with Crippen LogP contribution in [-0.4, -0.2) is 11.5 Å². The van der Waals surface area contributed by atoms with Crippen molar-refractivity contribution in [3.63, 3.8) is 0 Å². The molecule has 0 radical (unpaired) electrons. The van der Waals surface area contributed by atoms with Crippen molar-refractivity contribution in [3.8, 4) is 0 Å². The Balaban J connectivity index is 0.000000371. The molecule has 0 aromatic rings. The van der Waals surface area contributed by atoms with E-state index in [9.17, 15) is 0 Å². The molecule has 0 bridgehead atoms. The zero-order valence-corrected chi connectivity index (χ0v) is 8.34. The van der Waals surface area contributed by atoms with Gasteiger partial charge < -0.3 is 0 Å². The predicted octanol–water partition coefficient (Wildman–Crippen LogP) is 3.57. The van der Waals surface area contributed by atoms with Crippen LogP contribution in [0.2, 0.25) is 0 Å². The Hall–Kier alpha value is 0.350. The van der Waals surface area contributed by atoms with Gasteiger partial charge >= 0.3 is 0 Å². The Labute approximate surface area is 69.8 Å². The summed E-state index contributed by atoms with van der Waals surface area (Å²) in [7, 11) is 0. The molecular weight excluding hydrogens is 140 g/mol. The maximum Gasteiger partial charge on any atom is -0.00650 e. The van der Waals surface area contributed by atoms with E-state index in [1.807, 2.05) is 13.8 Å². The molecule has 1 heterocycles. The van der Waals surface area contributed by atoms with Gasteiger partial charge in [0.2, 0.25) is 0 Å². The summed E-state index contributed by atoms with van der Waals surface area (Å²) in [6, 6.07) is 0. The van der Waals surface area contributed by atoms with Gasteiger partial charge in [0.1, 0.15) is 0 Å². The molecule has 0 aromatic carbocycles. The van der Waals surface area contributed by atoms with Gasteiger partial charge in [-0.2, -0.15) is 11.8 Å². The highest BCUT2D eigenvalue weighted by atomic mass is 32.2. The molecule has 0 aromatic heterocycles. The molecule has 1 rings (SSSR count). The topological polar surface area (TPSA) is 0 Å². The van der Waals surface area contributed by atoms with Crippen LogP contribution in [-0.2, 0) is 0 Å². The minimum Gasteiger partial charge on any atom is -0.162 e. The summed E-state index contributed by atoms with van der Waals surface area (Å²) in [6.07, 6.45) is 4.36. The first-order valence-corrected chi connectivity index (χ1v) is 5.63. The lowest BCUT2D eigenvalue weighted by Crippen LogP contribution is -1.91. The fourth-order valence-corrected chi connectivity index (χ4v) is 2.21. The smallest absolute Gasteiger partial charge is 0.00650 e. The standard InChI is InChI=1S/C7H14S.C2H6/c1-7-3-2-5-8-6-4-7;1-2/h7H,2-6H2,1H3;1-2H3. The van der Waals surface area contributed by atoms with Gasteiger partial charge in [0.15, 0.2) is 0 Å². The number of rotatable bonds is 0. The maximum absolute atomic E-state index is 2.37. The molecule has 1 fully saturated rings. The van der Waals surface area contributed by atoms with Gasteiger partial charge in [-0.15, -0.1) is 0 Å². The van der Waals surface area contributed by atoms with Gasteiger partial charge in [-0.05, 0) is 36.7 Å². The van der Waals surface area contributed by atoms with Crippen molar-refractivity contribution in [2.45, 2.75) is 40.0 Å². The third-order valence-electron chi connectivity index (χ3n) is 1.74. The second kappa shape index (κ2) is 7.46. The second-order valence-electron chi connectivity index (χ2n) is 2.65. The number of hydrogen-bond donors (Lipinski definition) is 0. The minimum atomic E-state index is 1.00. The van der Waals surface area contributed by atoms with E-state index >= 15 is 0 Å². The molecule has 0 N–H and O–H groups in total. The van der Waals surface area contributed by atoms with E-state index in [-0.39, 0.29) is 0 Å². The molecule has 1 aliphatic rings. The molecule has 0 spiro atoms. The first kappa shape index (κ1) is 10.3. The third-order valence-corrected chi connectivity index (χ3v) is 2.84. The average molecular weight is 160 g/mol. The van der Waals surface area contributed by atoms with Gasteiger partial charge in [-0.3, -0.25) is 0 Å². The van der Waals surface area contributed by atoms with Crippen molar-refractivity contribution in [2.24, 2.45) is 5.92 Å². The number of hydrogen-bond acceptors (Lipinski definition) is 1. The zero-order valence-electron chi connectivity index (χ0n) is 7.52. The van der Waals surface area contributed by atoms with E-state index < -0.39 is 0 Å². The summed E-state index contributed by atoms with van der Waals surface area (Å²) in [5.74, 6) is 3.82. The minimum absolute atomic E-state index is 1.00. The molecule has 1 heteroatoms. The highest BCUT2D eigenvalue weighted by Gasteiger charge is 2.05. The van der Waals surface area contributed by atoms with E-state index in [2.05, 4.69) is 18.7 Å². The molecular formula is C9H20S. The van der Waals surface area contributed by atoms with Crippen LogP contribution in [0.15, 0.2) is 0 Å². The summed E-state index contributed by atoms with van der Waals surface area (Å²) in [5, 5.41) is 0. The first-order chi connectivity index (χ1) is 4.89. The van der Waals surface area contributed by atoms with Crippen molar-refractivity contribution >= 4 is 11.8 Å². The van der Waals surface area contributed by atoms with Crippen LogP contribution >= 0.6 is 11.8 Å². The molecule has 1 aliphatic heterocycles. The normalized spacial score (nSPS) is 26.1. The van der Waals surface area contributed by atoms with Gasteiger partial charge in [0, 0.05) is 0 Å². The summed E-state index contributed by atoms with van der Waals surface area (Å²) in [5.41, 5.74) is 0. The lowest BCUT2D eigenvalue weighted by Gasteiger charge is -2.02. The van der Waals surface area contributed by atoms with E-state index in [0.29, 0.717) is 0 Å². The fraction of sp³-hybridized carbons (Fsp3) is 1.00. The Morgan fingerprint density at radius 1 is 1.10 bits per heavy atom. The van der Waals surface area contributed by atoms with E-state index in [0.717, 1.165) is 5.92 Å². The summed E-state index contributed by atoms with van der Waals surface area (Å²) in [6.45, 7) is 6.37. The van der Waals surface area contributed by atoms with Gasteiger partial charge in [-0.25, -0.2) is 0 Å². The van der Waals surface area contributed by atoms with Crippen LogP contribution in [0.25, 0.3) is 0 Å². The molecule has 1 saturated heterocycles. The van der Waals surface area contributed by atoms with Crippen molar-refractivity contribution in [3.05, 3.63) is 0 Å². The van der Waals surface area contributed by atoms with Crippen LogP contribution in [0.1, 0.15) is 40.0 Å². The van der Waals surface area contributed by atoms with Crippen molar-refractivity contribution in [1.29, 1.82) is 0 Å². The van der Waals surface area contributed by atoms with Crippen LogP contribution in [0.5, 0.6) is 0 Å². The SMILES string of the molecule is CC.CC1CCCSCC1. The maximum atomic E-state index is 2.37. The van der Waals surface area contributed by atoms with Crippen LogP contribution in [0.3, 0.4) is 0 Å². The van der Waals surface area contributed by atoms with Gasteiger partial charge in [0.05, 0.1) is 0 Å².